The van der Waals surface area contributed by atoms with Crippen LogP contribution in [0.5, 0.6) is 0 Å². The van der Waals surface area contributed by atoms with Gasteiger partial charge in [-0.1, -0.05) is 0 Å². The Bertz CT molecular complexity index is 8.00. The number of hydrogen-bond donors (Lipinski definition) is 0. The summed E-state index contributed by atoms with van der Waals surface area (Å²) in [4.78, 5) is 0. The Hall–Kier alpha value is 2.42. The van der Waals surface area contributed by atoms with E-state index in [-0.39, 0.29) is 36.9 Å². The van der Waals surface area contributed by atoms with Crippen LogP contribution in [0, 0.1) is 0 Å². The summed E-state index contributed by atoms with van der Waals surface area (Å²) in [5.41, 5.74) is 0. The van der Waals surface area contributed by atoms with E-state index in [1.807, 2.05) is 0 Å². The summed E-state index contributed by atoms with van der Waals surface area (Å²) in [7, 11) is 0. The molecule has 0 saturated heterocycles. The zero-order valence-electron chi connectivity index (χ0n) is 1.05. The van der Waals surface area contributed by atoms with Crippen molar-refractivity contribution in [1.82, 2.24) is 0 Å². The fraction of sp³-hybridized carbons (Fsp3) is 0. The summed E-state index contributed by atoms with van der Waals surface area (Å²) >= 11 is 4.47. The van der Waals surface area contributed by atoms with Crippen LogP contribution >= 0.6 is 0 Å². The van der Waals surface area contributed by atoms with Crippen molar-refractivity contribution in [3.05, 3.63) is 0 Å². The molecule has 0 nitrogen and oxygen atoms in total. The van der Waals surface area contributed by atoms with E-state index in [1.54, 1.807) is 0 Å². The van der Waals surface area contributed by atoms with Gasteiger partial charge in [0.25, 0.3) is 0 Å². The second kappa shape index (κ2) is 18.1. The third kappa shape index (κ3) is 8.83. The summed E-state index contributed by atoms with van der Waals surface area (Å²) in [5, 5.41) is 0. The molecule has 0 unspecified atom stereocenters. The normalized spacial score (nSPS) is 1.75. The van der Waals surface area contributed by atoms with E-state index in [2.05, 4.69) is 32.0 Å². The van der Waals surface area contributed by atoms with E-state index in [0.717, 1.165) is 0 Å². The predicted octanol–water partition coefficient (Wildman–Crippen LogP) is -1.84. The Morgan fingerprint density at radius 3 is 1.25 bits per heavy atom. The van der Waals surface area contributed by atoms with Gasteiger partial charge in [0.2, 0.25) is 0 Å². The van der Waals surface area contributed by atoms with Gasteiger partial charge in [-0.05, 0) is 0 Å². The fourth-order valence-corrected chi connectivity index (χ4v) is 0. The maximum absolute atomic E-state index is 2.26. The van der Waals surface area contributed by atoms with Gasteiger partial charge in [0, 0.05) is 17.1 Å². The number of hydrogen-bond acceptors (Lipinski definition) is 0. The molecular weight excluding hydrogens is 409 g/mol. The Morgan fingerprint density at radius 2 is 1.25 bits per heavy atom. The zero-order chi connectivity index (χ0) is 2.00. The third-order valence-electron chi connectivity index (χ3n) is 0. The van der Waals surface area contributed by atoms with Crippen molar-refractivity contribution in [3.63, 3.8) is 0 Å². The second-order valence-corrected chi connectivity index (χ2v) is 0. The van der Waals surface area contributed by atoms with Crippen LogP contribution in [0.15, 0.2) is 0 Å². The molecule has 35 valence electrons. The molecule has 0 saturated carbocycles. The SMILES string of the molecule is [Cu].[GaH3].[SeH][Au]. The van der Waals surface area contributed by atoms with Gasteiger partial charge in [0.1, 0.15) is 0 Å². The summed E-state index contributed by atoms with van der Waals surface area (Å²) in [6.07, 6.45) is 0. The molecule has 4 heavy (non-hydrogen) atoms. The quantitative estimate of drug-likeness (QED) is 0.410. The van der Waals surface area contributed by atoms with Crippen LogP contribution in [0.3, 0.4) is 0 Å². The van der Waals surface area contributed by atoms with E-state index in [4.69, 9.17) is 0 Å². The van der Waals surface area contributed by atoms with Crippen molar-refractivity contribution in [3.8, 4) is 0 Å². The molecule has 0 aromatic carbocycles. The van der Waals surface area contributed by atoms with Crippen LogP contribution in [0.4, 0.5) is 0 Å². The van der Waals surface area contributed by atoms with Gasteiger partial charge in [-0.15, -0.1) is 0 Å². The van der Waals surface area contributed by atoms with E-state index < -0.39 is 0 Å². The standard InChI is InChI=1S/Au.Cu.Ga.H2Se.3H/h;;;1H2;;;/q+1;;;;;;/p-1. The molecule has 4 heteroatoms. The van der Waals surface area contributed by atoms with Crippen molar-refractivity contribution >= 4 is 32.9 Å². The van der Waals surface area contributed by atoms with Crippen molar-refractivity contribution in [2.75, 3.05) is 0 Å². The Labute approximate surface area is 67.9 Å². The molecule has 0 spiro atoms. The van der Waals surface area contributed by atoms with Crippen molar-refractivity contribution in [2.24, 2.45) is 0 Å². The van der Waals surface area contributed by atoms with E-state index >= 15 is 0 Å². The van der Waals surface area contributed by atoms with Crippen LogP contribution in [0.25, 0.3) is 0 Å². The third-order valence-corrected chi connectivity index (χ3v) is 0. The Morgan fingerprint density at radius 1 is 1.25 bits per heavy atom. The van der Waals surface area contributed by atoms with Crippen molar-refractivity contribution in [1.29, 1.82) is 0 Å². The molecule has 1 radical (unpaired) electrons. The van der Waals surface area contributed by atoms with Gasteiger partial charge in [0.05, 0.1) is 0 Å². The molecule has 0 rings (SSSR count). The first kappa shape index (κ1) is 16.1. The van der Waals surface area contributed by atoms with E-state index in [9.17, 15) is 0 Å². The first-order valence-corrected chi connectivity index (χ1v) is 5.74. The molecule has 0 fully saturated rings. The van der Waals surface area contributed by atoms with Crippen LogP contribution in [0.1, 0.15) is 0 Å². The van der Waals surface area contributed by atoms with Crippen LogP contribution in [-0.4, -0.2) is 32.9 Å². The van der Waals surface area contributed by atoms with Gasteiger partial charge in [-0.2, -0.15) is 0 Å². The molecule has 0 atom stereocenters. The average molecular weight is 413 g/mol. The average Bonchev–Trinajstić information content (AvgIpc) is 1.00. The fourth-order valence-electron chi connectivity index (χ4n) is 0. The van der Waals surface area contributed by atoms with Crippen LogP contribution < -0.4 is 0 Å². The zero-order valence-corrected chi connectivity index (χ0v) is 6.03. The van der Waals surface area contributed by atoms with Crippen molar-refractivity contribution in [2.45, 2.75) is 0 Å². The molecule has 0 aromatic rings. The van der Waals surface area contributed by atoms with Crippen LogP contribution in [-0.2, 0) is 36.0 Å². The Kier molecular flexibility index (Phi) is 73.0. The molecule has 0 bridgehead atoms. The van der Waals surface area contributed by atoms with Gasteiger partial charge in [0.15, 0.2) is 0 Å². The van der Waals surface area contributed by atoms with E-state index in [1.165, 1.54) is 0 Å². The summed E-state index contributed by atoms with van der Waals surface area (Å²) in [6, 6.07) is 0. The molecule has 0 heterocycles. The summed E-state index contributed by atoms with van der Waals surface area (Å²) in [6.45, 7) is 0. The van der Waals surface area contributed by atoms with Gasteiger partial charge in [-0.25, -0.2) is 0 Å². The van der Waals surface area contributed by atoms with Gasteiger partial charge >= 0.3 is 51.8 Å². The summed E-state index contributed by atoms with van der Waals surface area (Å²) in [5.74, 6) is 0. The van der Waals surface area contributed by atoms with Gasteiger partial charge in [-0.3, -0.25) is 0 Å². The molecule has 0 N–H and O–H groups in total. The Balaban J connectivity index is -0.00000000500. The molecule has 0 aliphatic heterocycles. The topological polar surface area (TPSA) is 0 Å². The van der Waals surface area contributed by atoms with Crippen molar-refractivity contribution < 1.29 is 36.0 Å². The molecular formula is H4AuCuGaSe. The van der Waals surface area contributed by atoms with Gasteiger partial charge < -0.3 is 0 Å². The minimum absolute atomic E-state index is 0. The first-order chi connectivity index (χ1) is 1.00. The number of rotatable bonds is 0. The summed E-state index contributed by atoms with van der Waals surface area (Å²) < 4.78 is 0. The van der Waals surface area contributed by atoms with Crippen LogP contribution in [0.2, 0.25) is 0 Å². The first-order valence-electron chi connectivity index (χ1n) is 0.135. The maximum atomic E-state index is 2.26. The molecule has 0 aliphatic rings. The monoisotopic (exact) mass is 413 g/mol. The minimum atomic E-state index is 0. The predicted molar refractivity (Wildman–Crippen MR) is 17.1 cm³/mol. The second-order valence-electron chi connectivity index (χ2n) is 0. The van der Waals surface area contributed by atoms with E-state index in [0.29, 0.717) is 0 Å². The molecule has 0 aromatic heterocycles. The molecule has 0 aliphatic carbocycles. The molecule has 0 amide bonds.